The highest BCUT2D eigenvalue weighted by atomic mass is 16.2. The van der Waals surface area contributed by atoms with Gasteiger partial charge in [0, 0.05) is 55.6 Å². The number of rotatable bonds is 5. The Morgan fingerprint density at radius 2 is 1.71 bits per heavy atom. The van der Waals surface area contributed by atoms with Gasteiger partial charge in [-0.3, -0.25) is 14.7 Å². The van der Waals surface area contributed by atoms with E-state index in [2.05, 4.69) is 19.9 Å². The Morgan fingerprint density at radius 3 is 2.35 bits per heavy atom. The number of piperidine rings is 2. The van der Waals surface area contributed by atoms with Crippen molar-refractivity contribution in [2.75, 3.05) is 31.9 Å². The minimum atomic E-state index is 0.105. The lowest BCUT2D eigenvalue weighted by Gasteiger charge is -2.37. The van der Waals surface area contributed by atoms with Crippen LogP contribution in [0.4, 0.5) is 5.95 Å². The van der Waals surface area contributed by atoms with Gasteiger partial charge in [-0.15, -0.1) is 0 Å². The van der Waals surface area contributed by atoms with Gasteiger partial charge in [0.05, 0.1) is 11.4 Å². The molecule has 0 saturated carbocycles. The number of hydrogen-bond acceptors (Lipinski definition) is 7. The summed E-state index contributed by atoms with van der Waals surface area (Å²) in [6.45, 7) is 6.10. The summed E-state index contributed by atoms with van der Waals surface area (Å²) in [6.07, 6.45) is 8.77. The molecule has 2 aliphatic heterocycles. The molecular formula is C23H31N7O. The molecule has 2 aromatic heterocycles. The minimum Gasteiger partial charge on any atom is -0.368 e. The van der Waals surface area contributed by atoms with Gasteiger partial charge in [-0.2, -0.15) is 0 Å². The van der Waals surface area contributed by atoms with Gasteiger partial charge in [0.15, 0.2) is 0 Å². The Morgan fingerprint density at radius 1 is 1.06 bits per heavy atom. The summed E-state index contributed by atoms with van der Waals surface area (Å²) in [4.78, 5) is 29.9. The van der Waals surface area contributed by atoms with Gasteiger partial charge in [-0.1, -0.05) is 0 Å². The number of carbonyl (C=O) groups is 1. The van der Waals surface area contributed by atoms with Gasteiger partial charge in [0.1, 0.15) is 0 Å². The third kappa shape index (κ3) is 5.25. The second kappa shape index (κ2) is 9.51. The number of nitrogen functional groups attached to an aromatic ring is 1. The first kappa shape index (κ1) is 21.4. The van der Waals surface area contributed by atoms with Crippen molar-refractivity contribution >= 4 is 17.6 Å². The van der Waals surface area contributed by atoms with Crippen LogP contribution in [0.5, 0.6) is 0 Å². The lowest BCUT2D eigenvalue weighted by Crippen LogP contribution is -2.46. The molecule has 0 unspecified atom stereocenters. The molecule has 8 heteroatoms. The fourth-order valence-electron chi connectivity index (χ4n) is 4.58. The van der Waals surface area contributed by atoms with E-state index in [-0.39, 0.29) is 17.7 Å². The first-order valence-electron chi connectivity index (χ1n) is 11.1. The number of likely N-dealkylation sites (tertiary alicyclic amines) is 2. The second-order valence-electron chi connectivity index (χ2n) is 8.73. The highest BCUT2D eigenvalue weighted by Gasteiger charge is 2.32. The lowest BCUT2D eigenvalue weighted by atomic mass is 9.88. The maximum atomic E-state index is 13.1. The molecule has 2 fully saturated rings. The van der Waals surface area contributed by atoms with Gasteiger partial charge < -0.3 is 16.0 Å². The fourth-order valence-corrected chi connectivity index (χ4v) is 4.58. The van der Waals surface area contributed by atoms with Gasteiger partial charge in [0.25, 0.3) is 0 Å². The summed E-state index contributed by atoms with van der Waals surface area (Å²) in [7, 11) is 0. The van der Waals surface area contributed by atoms with E-state index in [0.717, 1.165) is 75.2 Å². The maximum Gasteiger partial charge on any atom is 0.225 e. The van der Waals surface area contributed by atoms with Crippen LogP contribution in [-0.4, -0.2) is 62.5 Å². The van der Waals surface area contributed by atoms with Crippen molar-refractivity contribution in [3.8, 4) is 0 Å². The van der Waals surface area contributed by atoms with Crippen LogP contribution in [0.25, 0.3) is 0 Å². The van der Waals surface area contributed by atoms with Crippen molar-refractivity contribution in [2.24, 2.45) is 11.8 Å². The standard InChI is InChI=1S/C23H31N7O/c1-16-2-7-26-20(12-16)21(24)18-5-10-30(11-6-18)22(31)19-3-8-29(9-4-19)15-17-13-27-23(25)28-14-17/h2,7,12-14,18-19,24H,3-6,8-11,15H2,1H3,(H2,25,27,28). The largest absolute Gasteiger partial charge is 0.368 e. The molecule has 0 bridgehead atoms. The van der Waals surface area contributed by atoms with E-state index >= 15 is 0 Å². The average Bonchev–Trinajstić information content (AvgIpc) is 2.80. The summed E-state index contributed by atoms with van der Waals surface area (Å²) in [5.41, 5.74) is 9.09. The molecule has 31 heavy (non-hydrogen) atoms. The predicted octanol–water partition coefficient (Wildman–Crippen LogP) is 2.28. The Labute approximate surface area is 183 Å². The summed E-state index contributed by atoms with van der Waals surface area (Å²) >= 11 is 0. The van der Waals surface area contributed by atoms with Crippen LogP contribution >= 0.6 is 0 Å². The lowest BCUT2D eigenvalue weighted by molar-refractivity contribution is -0.138. The summed E-state index contributed by atoms with van der Waals surface area (Å²) in [5, 5.41) is 8.53. The van der Waals surface area contributed by atoms with E-state index in [1.54, 1.807) is 18.6 Å². The quantitative estimate of drug-likeness (QED) is 0.717. The molecule has 164 valence electrons. The Bertz CT molecular complexity index is 914. The molecular weight excluding hydrogens is 390 g/mol. The Hall–Kier alpha value is -2.87. The number of amides is 1. The zero-order valence-electron chi connectivity index (χ0n) is 18.1. The van der Waals surface area contributed by atoms with Crippen molar-refractivity contribution in [3.63, 3.8) is 0 Å². The van der Waals surface area contributed by atoms with E-state index < -0.39 is 0 Å². The van der Waals surface area contributed by atoms with Crippen LogP contribution in [0.1, 0.15) is 42.5 Å². The molecule has 2 saturated heterocycles. The van der Waals surface area contributed by atoms with Gasteiger partial charge in [0.2, 0.25) is 11.9 Å². The highest BCUT2D eigenvalue weighted by molar-refractivity contribution is 5.98. The van der Waals surface area contributed by atoms with Crippen LogP contribution in [0.2, 0.25) is 0 Å². The normalized spacial score (nSPS) is 18.8. The third-order valence-corrected chi connectivity index (χ3v) is 6.47. The number of nitrogens with one attached hydrogen (secondary N) is 1. The molecule has 0 atom stereocenters. The van der Waals surface area contributed by atoms with Crippen molar-refractivity contribution in [1.82, 2.24) is 24.8 Å². The molecule has 4 rings (SSSR count). The first-order chi connectivity index (χ1) is 15.0. The van der Waals surface area contributed by atoms with Crippen LogP contribution < -0.4 is 5.73 Å². The van der Waals surface area contributed by atoms with Crippen molar-refractivity contribution in [3.05, 3.63) is 47.5 Å². The topological polar surface area (TPSA) is 112 Å². The van der Waals surface area contributed by atoms with Crippen LogP contribution in [0.3, 0.4) is 0 Å². The number of nitrogens with zero attached hydrogens (tertiary/aromatic N) is 5. The van der Waals surface area contributed by atoms with Gasteiger partial charge in [-0.05, 0) is 63.4 Å². The molecule has 4 heterocycles. The molecule has 0 aromatic carbocycles. The highest BCUT2D eigenvalue weighted by Crippen LogP contribution is 2.26. The third-order valence-electron chi connectivity index (χ3n) is 6.47. The maximum absolute atomic E-state index is 13.1. The van der Waals surface area contributed by atoms with Crippen LogP contribution in [0.15, 0.2) is 30.7 Å². The molecule has 2 aromatic rings. The molecule has 3 N–H and O–H groups in total. The van der Waals surface area contributed by atoms with Crippen molar-refractivity contribution < 1.29 is 4.79 Å². The average molecular weight is 422 g/mol. The number of hydrogen-bond donors (Lipinski definition) is 2. The molecule has 0 aliphatic carbocycles. The molecule has 8 nitrogen and oxygen atoms in total. The van der Waals surface area contributed by atoms with E-state index in [1.165, 1.54) is 0 Å². The molecule has 0 radical (unpaired) electrons. The van der Waals surface area contributed by atoms with E-state index in [4.69, 9.17) is 11.1 Å². The number of pyridine rings is 1. The smallest absolute Gasteiger partial charge is 0.225 e. The van der Waals surface area contributed by atoms with E-state index in [9.17, 15) is 4.79 Å². The first-order valence-corrected chi connectivity index (χ1v) is 11.1. The number of nitrogens with two attached hydrogens (primary N) is 1. The predicted molar refractivity (Wildman–Crippen MR) is 120 cm³/mol. The van der Waals surface area contributed by atoms with E-state index in [1.807, 2.05) is 24.0 Å². The number of aromatic nitrogens is 3. The van der Waals surface area contributed by atoms with E-state index in [0.29, 0.717) is 11.7 Å². The summed E-state index contributed by atoms with van der Waals surface area (Å²) in [5.74, 6) is 0.868. The molecule has 2 aliphatic rings. The SMILES string of the molecule is Cc1ccnc(C(=N)C2CCN(C(=O)C3CCN(Cc4cnc(N)nc4)CC3)CC2)c1. The number of aryl methyl sites for hydroxylation is 1. The number of carbonyl (C=O) groups excluding carboxylic acids is 1. The van der Waals surface area contributed by atoms with Crippen LogP contribution in [-0.2, 0) is 11.3 Å². The summed E-state index contributed by atoms with van der Waals surface area (Å²) < 4.78 is 0. The molecule has 0 spiro atoms. The Kier molecular flexibility index (Phi) is 6.56. The van der Waals surface area contributed by atoms with Gasteiger partial charge >= 0.3 is 0 Å². The zero-order chi connectivity index (χ0) is 21.8. The molecule has 1 amide bonds. The van der Waals surface area contributed by atoms with Gasteiger partial charge in [-0.25, -0.2) is 9.97 Å². The monoisotopic (exact) mass is 421 g/mol. The van der Waals surface area contributed by atoms with Crippen LogP contribution in [0, 0.1) is 24.2 Å². The zero-order valence-corrected chi connectivity index (χ0v) is 18.1. The summed E-state index contributed by atoms with van der Waals surface area (Å²) in [6, 6.07) is 3.93. The Balaban J connectivity index is 1.24. The van der Waals surface area contributed by atoms with Crippen molar-refractivity contribution in [1.29, 1.82) is 5.41 Å². The minimum absolute atomic E-state index is 0.105. The number of anilines is 1. The van der Waals surface area contributed by atoms with Crippen molar-refractivity contribution in [2.45, 2.75) is 39.2 Å². The fraction of sp³-hybridized carbons (Fsp3) is 0.522. The second-order valence-corrected chi connectivity index (χ2v) is 8.73.